The molecule has 1 aromatic heterocycles. The maximum Gasteiger partial charge on any atom is 0.222 e. The van der Waals surface area contributed by atoms with E-state index in [1.807, 2.05) is 67.6 Å². The average Bonchev–Trinajstić information content (AvgIpc) is 3.20. The lowest BCUT2D eigenvalue weighted by molar-refractivity contribution is 0.266. The van der Waals surface area contributed by atoms with Crippen LogP contribution in [0.2, 0.25) is 0 Å². The summed E-state index contributed by atoms with van der Waals surface area (Å²) in [4.78, 5) is 7.67. The number of hydrogen-bond donors (Lipinski definition) is 2. The monoisotopic (exact) mass is 416 g/mol. The highest BCUT2D eigenvalue weighted by atomic mass is 16.5. The number of aromatic nitrogens is 2. The second-order valence-corrected chi connectivity index (χ2v) is 7.00. The zero-order chi connectivity index (χ0) is 21.6. The molecule has 158 valence electrons. The van der Waals surface area contributed by atoms with Crippen LogP contribution in [0.25, 0.3) is 11.0 Å². The number of benzene rings is 3. The summed E-state index contributed by atoms with van der Waals surface area (Å²) in [5.41, 5.74) is 7.78. The van der Waals surface area contributed by atoms with Gasteiger partial charge in [0, 0.05) is 5.56 Å². The highest BCUT2D eigenvalue weighted by Crippen LogP contribution is 2.38. The number of rotatable bonds is 8. The largest absolute Gasteiger partial charge is 0.493 e. The summed E-state index contributed by atoms with van der Waals surface area (Å²) >= 11 is 0. The highest BCUT2D eigenvalue weighted by Gasteiger charge is 2.14. The van der Waals surface area contributed by atoms with Gasteiger partial charge in [-0.15, -0.1) is 0 Å². The number of imidazole rings is 1. The zero-order valence-corrected chi connectivity index (χ0v) is 17.7. The molecule has 0 atom stereocenters. The Morgan fingerprint density at radius 3 is 2.45 bits per heavy atom. The molecule has 0 radical (unpaired) electrons. The lowest BCUT2D eigenvalue weighted by atomic mass is 10.2. The van der Waals surface area contributed by atoms with Crippen LogP contribution >= 0.6 is 0 Å². The van der Waals surface area contributed by atoms with E-state index in [0.29, 0.717) is 29.8 Å². The summed E-state index contributed by atoms with van der Waals surface area (Å²) in [7, 11) is 3.19. The molecule has 0 aliphatic rings. The first-order valence-electron chi connectivity index (χ1n) is 9.84. The number of ether oxygens (including phenoxy) is 3. The molecule has 0 saturated carbocycles. The third-order valence-electron chi connectivity index (χ3n) is 4.73. The van der Waals surface area contributed by atoms with Crippen molar-refractivity contribution in [2.45, 2.75) is 13.5 Å². The molecule has 1 heterocycles. The van der Waals surface area contributed by atoms with Gasteiger partial charge in [0.2, 0.25) is 11.7 Å². The van der Waals surface area contributed by atoms with Gasteiger partial charge >= 0.3 is 0 Å². The third kappa shape index (κ3) is 4.78. The maximum atomic E-state index is 5.98. The van der Waals surface area contributed by atoms with E-state index in [-0.39, 0.29) is 0 Å². The Bertz CT molecular complexity index is 1180. The topological polar surface area (TPSA) is 80.8 Å². The first kappa shape index (κ1) is 20.3. The van der Waals surface area contributed by atoms with E-state index in [1.54, 1.807) is 20.4 Å². The van der Waals surface area contributed by atoms with E-state index >= 15 is 0 Å². The molecule has 7 nitrogen and oxygen atoms in total. The molecular formula is C24H24N4O3. The number of H-pyrrole nitrogens is 1. The van der Waals surface area contributed by atoms with Crippen LogP contribution in [-0.2, 0) is 6.61 Å². The number of nitrogens with one attached hydrogen (secondary N) is 2. The number of methoxy groups -OCH3 is 2. The lowest BCUT2D eigenvalue weighted by Gasteiger charge is -2.15. The molecule has 0 bridgehead atoms. The summed E-state index contributed by atoms with van der Waals surface area (Å²) < 4.78 is 17.0. The van der Waals surface area contributed by atoms with Crippen LogP contribution in [0.3, 0.4) is 0 Å². The normalized spacial score (nSPS) is 11.1. The number of aromatic amines is 1. The molecule has 0 unspecified atom stereocenters. The Kier molecular flexibility index (Phi) is 6.03. The van der Waals surface area contributed by atoms with E-state index in [9.17, 15) is 0 Å². The number of fused-ring (bicyclic) bond motifs is 1. The number of nitrogens with zero attached hydrogens (tertiary/aromatic N) is 2. The smallest absolute Gasteiger partial charge is 0.222 e. The molecule has 0 fully saturated rings. The van der Waals surface area contributed by atoms with Gasteiger partial charge in [0.1, 0.15) is 6.61 Å². The zero-order valence-electron chi connectivity index (χ0n) is 17.7. The predicted octanol–water partition coefficient (Wildman–Crippen LogP) is 4.91. The van der Waals surface area contributed by atoms with Crippen LogP contribution in [0.5, 0.6) is 17.2 Å². The Balaban J connectivity index is 1.50. The molecule has 4 rings (SSSR count). The minimum Gasteiger partial charge on any atom is -0.493 e. The van der Waals surface area contributed by atoms with Gasteiger partial charge in [0.25, 0.3) is 0 Å². The van der Waals surface area contributed by atoms with Gasteiger partial charge < -0.3 is 19.2 Å². The third-order valence-corrected chi connectivity index (χ3v) is 4.73. The molecule has 0 aliphatic heterocycles. The second-order valence-electron chi connectivity index (χ2n) is 7.00. The van der Waals surface area contributed by atoms with Crippen molar-refractivity contribution in [3.05, 3.63) is 77.4 Å². The van der Waals surface area contributed by atoms with Gasteiger partial charge in [0.15, 0.2) is 11.5 Å². The van der Waals surface area contributed by atoms with Crippen molar-refractivity contribution in [3.8, 4) is 17.2 Å². The molecular weight excluding hydrogens is 392 g/mol. The maximum absolute atomic E-state index is 5.98. The summed E-state index contributed by atoms with van der Waals surface area (Å²) in [6.45, 7) is 2.45. The first-order valence-corrected chi connectivity index (χ1v) is 9.84. The molecule has 3 aromatic carbocycles. The van der Waals surface area contributed by atoms with E-state index in [1.165, 1.54) is 5.56 Å². The van der Waals surface area contributed by atoms with E-state index in [4.69, 9.17) is 14.2 Å². The summed E-state index contributed by atoms with van der Waals surface area (Å²) in [6.07, 6.45) is 1.67. The Hall–Kier alpha value is -4.00. The number of anilines is 1. The van der Waals surface area contributed by atoms with Crippen molar-refractivity contribution in [1.82, 2.24) is 9.97 Å². The van der Waals surface area contributed by atoms with E-state index in [0.717, 1.165) is 22.2 Å². The Labute approximate surface area is 180 Å². The Morgan fingerprint density at radius 1 is 1.00 bits per heavy atom. The van der Waals surface area contributed by atoms with Crippen LogP contribution in [0.4, 0.5) is 5.95 Å². The van der Waals surface area contributed by atoms with Gasteiger partial charge in [-0.3, -0.25) is 0 Å². The van der Waals surface area contributed by atoms with Crippen molar-refractivity contribution < 1.29 is 14.2 Å². The fourth-order valence-electron chi connectivity index (χ4n) is 3.19. The first-order chi connectivity index (χ1) is 15.2. The summed E-state index contributed by atoms with van der Waals surface area (Å²) in [6, 6.07) is 19.7. The van der Waals surface area contributed by atoms with Gasteiger partial charge in [0.05, 0.1) is 31.5 Å². The fraction of sp³-hybridized carbons (Fsp3) is 0.167. The van der Waals surface area contributed by atoms with Gasteiger partial charge in [-0.2, -0.15) is 5.10 Å². The highest BCUT2D eigenvalue weighted by molar-refractivity contribution is 5.83. The van der Waals surface area contributed by atoms with Crippen LogP contribution in [0, 0.1) is 6.92 Å². The molecule has 31 heavy (non-hydrogen) atoms. The average molecular weight is 416 g/mol. The number of hydrazone groups is 1. The van der Waals surface area contributed by atoms with E-state index in [2.05, 4.69) is 20.5 Å². The van der Waals surface area contributed by atoms with Crippen molar-refractivity contribution in [2.75, 3.05) is 19.6 Å². The van der Waals surface area contributed by atoms with Gasteiger partial charge in [-0.1, -0.05) is 36.4 Å². The molecule has 0 spiro atoms. The molecule has 0 amide bonds. The minimum atomic E-state index is 0.411. The SMILES string of the molecule is COc1cc(/C=N\Nc2nc3ccc(C)cc3[nH]2)cc(OC)c1OCc1ccccc1. The summed E-state index contributed by atoms with van der Waals surface area (Å²) in [5, 5.41) is 4.28. The molecule has 0 aliphatic carbocycles. The Morgan fingerprint density at radius 2 is 1.74 bits per heavy atom. The van der Waals surface area contributed by atoms with Crippen LogP contribution < -0.4 is 19.6 Å². The quantitative estimate of drug-likeness (QED) is 0.315. The molecule has 2 N–H and O–H groups in total. The second kappa shape index (κ2) is 9.21. The van der Waals surface area contributed by atoms with Gasteiger partial charge in [-0.25, -0.2) is 10.4 Å². The van der Waals surface area contributed by atoms with Gasteiger partial charge in [-0.05, 0) is 42.3 Å². The molecule has 4 aromatic rings. The number of hydrogen-bond acceptors (Lipinski definition) is 6. The van der Waals surface area contributed by atoms with Crippen molar-refractivity contribution >= 4 is 23.2 Å². The van der Waals surface area contributed by atoms with Crippen molar-refractivity contribution in [2.24, 2.45) is 5.10 Å². The van der Waals surface area contributed by atoms with Crippen LogP contribution in [-0.4, -0.2) is 30.4 Å². The fourth-order valence-corrected chi connectivity index (χ4v) is 3.19. The lowest BCUT2D eigenvalue weighted by Crippen LogP contribution is -2.01. The van der Waals surface area contributed by atoms with Crippen molar-refractivity contribution in [3.63, 3.8) is 0 Å². The molecule has 0 saturated heterocycles. The van der Waals surface area contributed by atoms with Crippen LogP contribution in [0.15, 0.2) is 65.8 Å². The minimum absolute atomic E-state index is 0.411. The standard InChI is InChI=1S/C24H24N4O3/c1-16-9-10-19-20(11-16)27-24(26-19)28-25-14-18-12-21(29-2)23(22(13-18)30-3)31-15-17-7-5-4-6-8-17/h4-14H,15H2,1-3H3,(H2,26,27,28)/b25-14-. The van der Waals surface area contributed by atoms with Crippen LogP contribution in [0.1, 0.15) is 16.7 Å². The predicted molar refractivity (Wildman–Crippen MR) is 122 cm³/mol. The number of aryl methyl sites for hydroxylation is 1. The van der Waals surface area contributed by atoms with E-state index < -0.39 is 0 Å². The summed E-state index contributed by atoms with van der Waals surface area (Å²) in [5.74, 6) is 2.25. The van der Waals surface area contributed by atoms with Crippen molar-refractivity contribution in [1.29, 1.82) is 0 Å². The molecule has 7 heteroatoms.